The molecule has 0 aromatic rings. The summed E-state index contributed by atoms with van der Waals surface area (Å²) in [5.74, 6) is 0.837. The molecule has 3 nitrogen and oxygen atoms in total. The summed E-state index contributed by atoms with van der Waals surface area (Å²) in [6.07, 6.45) is 3.95. The number of nitrogens with one attached hydrogen (secondary N) is 1. The van der Waals surface area contributed by atoms with Crippen LogP contribution in [0.1, 0.15) is 53.9 Å². The molecular weight excluding hydrogens is 246 g/mol. The average Bonchev–Trinajstić information content (AvgIpc) is 2.44. The molecule has 0 aliphatic heterocycles. The molecule has 0 spiro atoms. The molecule has 3 heteroatoms. The molecule has 0 saturated carbocycles. The molecule has 0 aromatic heterocycles. The Morgan fingerprint density at radius 1 is 0.750 bits per heavy atom. The van der Waals surface area contributed by atoms with E-state index in [-0.39, 0.29) is 0 Å². The van der Waals surface area contributed by atoms with Crippen molar-refractivity contribution in [3.8, 4) is 0 Å². The van der Waals surface area contributed by atoms with Crippen molar-refractivity contribution in [3.63, 3.8) is 0 Å². The van der Waals surface area contributed by atoms with Crippen LogP contribution in [0, 0.1) is 5.92 Å². The predicted molar refractivity (Wildman–Crippen MR) is 91.5 cm³/mol. The van der Waals surface area contributed by atoms with E-state index in [4.69, 9.17) is 0 Å². The van der Waals surface area contributed by atoms with Crippen LogP contribution in [0.3, 0.4) is 0 Å². The Kier molecular flexibility index (Phi) is 13.8. The second-order valence-electron chi connectivity index (χ2n) is 6.10. The van der Waals surface area contributed by atoms with Gasteiger partial charge in [0.05, 0.1) is 0 Å². The van der Waals surface area contributed by atoms with Gasteiger partial charge in [0.1, 0.15) is 0 Å². The molecule has 0 radical (unpaired) electrons. The van der Waals surface area contributed by atoms with Crippen molar-refractivity contribution in [1.82, 2.24) is 15.1 Å². The lowest BCUT2D eigenvalue weighted by molar-refractivity contribution is 0.243. The van der Waals surface area contributed by atoms with Gasteiger partial charge in [-0.1, -0.05) is 34.6 Å². The van der Waals surface area contributed by atoms with Crippen LogP contribution in [0.15, 0.2) is 0 Å². The van der Waals surface area contributed by atoms with Crippen molar-refractivity contribution in [1.29, 1.82) is 0 Å². The van der Waals surface area contributed by atoms with Crippen molar-refractivity contribution in [2.75, 3.05) is 52.4 Å². The lowest BCUT2D eigenvalue weighted by Gasteiger charge is -2.23. The molecular formula is C17H39N3. The first-order valence-corrected chi connectivity index (χ1v) is 8.79. The number of hydrogen-bond donors (Lipinski definition) is 1. The van der Waals surface area contributed by atoms with E-state index in [0.717, 1.165) is 12.5 Å². The summed E-state index contributed by atoms with van der Waals surface area (Å²) >= 11 is 0. The van der Waals surface area contributed by atoms with Crippen LogP contribution >= 0.6 is 0 Å². The molecule has 0 saturated heterocycles. The average molecular weight is 286 g/mol. The third kappa shape index (κ3) is 11.7. The fourth-order valence-corrected chi connectivity index (χ4v) is 2.48. The molecule has 0 heterocycles. The van der Waals surface area contributed by atoms with E-state index in [2.05, 4.69) is 49.7 Å². The normalized spacial score (nSPS) is 12.0. The fourth-order valence-electron chi connectivity index (χ4n) is 2.48. The molecule has 20 heavy (non-hydrogen) atoms. The van der Waals surface area contributed by atoms with Crippen LogP contribution in [0.4, 0.5) is 0 Å². The highest BCUT2D eigenvalue weighted by atomic mass is 15.1. The van der Waals surface area contributed by atoms with Crippen LogP contribution in [-0.2, 0) is 0 Å². The molecule has 0 fully saturated rings. The smallest absolute Gasteiger partial charge is 0.0107 e. The largest absolute Gasteiger partial charge is 0.315 e. The van der Waals surface area contributed by atoms with Gasteiger partial charge >= 0.3 is 0 Å². The maximum atomic E-state index is 3.57. The Morgan fingerprint density at radius 3 is 1.90 bits per heavy atom. The van der Waals surface area contributed by atoms with Crippen LogP contribution in [0.2, 0.25) is 0 Å². The summed E-state index contributed by atoms with van der Waals surface area (Å²) < 4.78 is 0. The number of rotatable bonds is 14. The molecule has 0 atom stereocenters. The third-order valence-corrected chi connectivity index (χ3v) is 4.03. The van der Waals surface area contributed by atoms with Crippen LogP contribution < -0.4 is 5.32 Å². The van der Waals surface area contributed by atoms with Crippen LogP contribution in [0.5, 0.6) is 0 Å². The molecule has 0 unspecified atom stereocenters. The zero-order valence-electron chi connectivity index (χ0n) is 14.7. The van der Waals surface area contributed by atoms with E-state index in [1.807, 2.05) is 0 Å². The first kappa shape index (κ1) is 19.9. The molecule has 0 rings (SSSR count). The van der Waals surface area contributed by atoms with E-state index < -0.39 is 0 Å². The van der Waals surface area contributed by atoms with Gasteiger partial charge in [-0.2, -0.15) is 0 Å². The van der Waals surface area contributed by atoms with Gasteiger partial charge in [-0.25, -0.2) is 0 Å². The monoisotopic (exact) mass is 285 g/mol. The van der Waals surface area contributed by atoms with Crippen molar-refractivity contribution in [2.45, 2.75) is 53.9 Å². The maximum Gasteiger partial charge on any atom is 0.0107 e. The SMILES string of the molecule is CCN(CC)CCCN(CC)CCNCCCC(C)C. The predicted octanol–water partition coefficient (Wildman–Crippen LogP) is 3.07. The molecule has 0 amide bonds. The van der Waals surface area contributed by atoms with Crippen LogP contribution in [0.25, 0.3) is 0 Å². The fraction of sp³-hybridized carbons (Fsp3) is 1.00. The van der Waals surface area contributed by atoms with E-state index in [1.54, 1.807) is 0 Å². The van der Waals surface area contributed by atoms with E-state index in [0.29, 0.717) is 0 Å². The highest BCUT2D eigenvalue weighted by molar-refractivity contribution is 4.61. The molecule has 0 aliphatic rings. The van der Waals surface area contributed by atoms with Gasteiger partial charge in [0.2, 0.25) is 0 Å². The zero-order valence-corrected chi connectivity index (χ0v) is 14.7. The minimum absolute atomic E-state index is 0.837. The summed E-state index contributed by atoms with van der Waals surface area (Å²) in [6, 6.07) is 0. The Labute approximate surface area is 128 Å². The van der Waals surface area contributed by atoms with Crippen molar-refractivity contribution in [2.24, 2.45) is 5.92 Å². The highest BCUT2D eigenvalue weighted by Gasteiger charge is 2.04. The summed E-state index contributed by atoms with van der Waals surface area (Å²) in [7, 11) is 0. The van der Waals surface area contributed by atoms with Crippen molar-refractivity contribution in [3.05, 3.63) is 0 Å². The van der Waals surface area contributed by atoms with E-state index >= 15 is 0 Å². The first-order valence-electron chi connectivity index (χ1n) is 8.79. The molecule has 122 valence electrons. The van der Waals surface area contributed by atoms with E-state index in [9.17, 15) is 0 Å². The lowest BCUT2D eigenvalue weighted by atomic mass is 10.1. The lowest BCUT2D eigenvalue weighted by Crippen LogP contribution is -2.35. The van der Waals surface area contributed by atoms with Gasteiger partial charge in [0, 0.05) is 13.1 Å². The summed E-state index contributed by atoms with van der Waals surface area (Å²) in [4.78, 5) is 5.08. The molecule has 0 aliphatic carbocycles. The van der Waals surface area contributed by atoms with E-state index in [1.165, 1.54) is 65.1 Å². The minimum Gasteiger partial charge on any atom is -0.315 e. The summed E-state index contributed by atoms with van der Waals surface area (Å²) in [5.41, 5.74) is 0. The number of hydrogen-bond acceptors (Lipinski definition) is 3. The first-order chi connectivity index (χ1) is 9.63. The number of likely N-dealkylation sites (N-methyl/N-ethyl adjacent to an activating group) is 1. The zero-order chi connectivity index (χ0) is 15.2. The Bertz CT molecular complexity index is 191. The molecule has 1 N–H and O–H groups in total. The van der Waals surface area contributed by atoms with Gasteiger partial charge in [-0.05, 0) is 64.4 Å². The third-order valence-electron chi connectivity index (χ3n) is 4.03. The van der Waals surface area contributed by atoms with Gasteiger partial charge < -0.3 is 15.1 Å². The maximum absolute atomic E-state index is 3.57. The van der Waals surface area contributed by atoms with Crippen molar-refractivity contribution < 1.29 is 0 Å². The molecule has 0 aromatic carbocycles. The number of nitrogens with zero attached hydrogens (tertiary/aromatic N) is 2. The van der Waals surface area contributed by atoms with Gasteiger partial charge in [-0.15, -0.1) is 0 Å². The second-order valence-corrected chi connectivity index (χ2v) is 6.10. The van der Waals surface area contributed by atoms with Crippen LogP contribution in [-0.4, -0.2) is 62.2 Å². The van der Waals surface area contributed by atoms with Gasteiger partial charge in [-0.3, -0.25) is 0 Å². The second kappa shape index (κ2) is 13.8. The summed E-state index contributed by atoms with van der Waals surface area (Å²) in [5, 5.41) is 3.57. The highest BCUT2D eigenvalue weighted by Crippen LogP contribution is 2.01. The Hall–Kier alpha value is -0.120. The topological polar surface area (TPSA) is 18.5 Å². The molecule has 0 bridgehead atoms. The quantitative estimate of drug-likeness (QED) is 0.495. The summed E-state index contributed by atoms with van der Waals surface area (Å²) in [6.45, 7) is 20.9. The van der Waals surface area contributed by atoms with Crippen molar-refractivity contribution >= 4 is 0 Å². The standard InChI is InChI=1S/C17H39N3/c1-6-19(7-2)14-10-15-20(8-3)16-13-18-12-9-11-17(4)5/h17-18H,6-16H2,1-5H3. The van der Waals surface area contributed by atoms with Gasteiger partial charge in [0.15, 0.2) is 0 Å². The van der Waals surface area contributed by atoms with Gasteiger partial charge in [0.25, 0.3) is 0 Å². The Morgan fingerprint density at radius 2 is 1.35 bits per heavy atom. The minimum atomic E-state index is 0.837. The Balaban J connectivity index is 3.51.